The van der Waals surface area contributed by atoms with Gasteiger partial charge in [0.2, 0.25) is 5.91 Å². The first kappa shape index (κ1) is 14.6. The van der Waals surface area contributed by atoms with Gasteiger partial charge in [0.25, 0.3) is 0 Å². The lowest BCUT2D eigenvalue weighted by atomic mass is 10.1. The molecule has 1 heterocycles. The van der Waals surface area contributed by atoms with E-state index in [2.05, 4.69) is 5.32 Å². The first-order valence-corrected chi connectivity index (χ1v) is 7.17. The fourth-order valence-electron chi connectivity index (χ4n) is 2.28. The summed E-state index contributed by atoms with van der Waals surface area (Å²) in [5.41, 5.74) is 2.84. The highest BCUT2D eigenvalue weighted by Gasteiger charge is 2.09. The third-order valence-electron chi connectivity index (χ3n) is 3.41. The van der Waals surface area contributed by atoms with Gasteiger partial charge >= 0.3 is 0 Å². The molecule has 0 fully saturated rings. The zero-order chi connectivity index (χ0) is 16.1. The number of anilines is 1. The molecule has 0 saturated carbocycles. The number of rotatable bonds is 3. The normalized spacial score (nSPS) is 12.7. The van der Waals surface area contributed by atoms with Gasteiger partial charge in [-0.15, -0.1) is 0 Å². The Bertz CT molecular complexity index is 844. The molecule has 1 aliphatic heterocycles. The molecule has 0 unspecified atom stereocenters. The van der Waals surface area contributed by atoms with Crippen molar-refractivity contribution in [1.29, 1.82) is 5.26 Å². The van der Waals surface area contributed by atoms with Crippen molar-refractivity contribution in [1.82, 2.24) is 0 Å². The summed E-state index contributed by atoms with van der Waals surface area (Å²) in [6, 6.07) is 16.7. The van der Waals surface area contributed by atoms with Crippen molar-refractivity contribution in [2.45, 2.75) is 0 Å². The summed E-state index contributed by atoms with van der Waals surface area (Å²) in [6.45, 7) is 0.426. The van der Waals surface area contributed by atoms with Crippen LogP contribution < -0.4 is 10.1 Å². The van der Waals surface area contributed by atoms with Gasteiger partial charge in [0.15, 0.2) is 0 Å². The van der Waals surface area contributed by atoms with Crippen molar-refractivity contribution in [3.8, 4) is 11.8 Å². The Kier molecular flexibility index (Phi) is 4.21. The van der Waals surface area contributed by atoms with E-state index < -0.39 is 0 Å². The summed E-state index contributed by atoms with van der Waals surface area (Å²) < 4.78 is 5.63. The second-order valence-corrected chi connectivity index (χ2v) is 5.03. The lowest BCUT2D eigenvalue weighted by Crippen LogP contribution is -2.10. The first-order chi connectivity index (χ1) is 11.3. The zero-order valence-electron chi connectivity index (χ0n) is 12.3. The van der Waals surface area contributed by atoms with E-state index in [-0.39, 0.29) is 5.91 Å². The second kappa shape index (κ2) is 6.63. The maximum absolute atomic E-state index is 12.0. The second-order valence-electron chi connectivity index (χ2n) is 5.03. The van der Waals surface area contributed by atoms with Gasteiger partial charge in [-0.1, -0.05) is 36.4 Å². The molecule has 0 aromatic heterocycles. The molecule has 0 aliphatic carbocycles. The molecule has 0 spiro atoms. The third kappa shape index (κ3) is 3.47. The fourth-order valence-corrected chi connectivity index (χ4v) is 2.28. The van der Waals surface area contributed by atoms with Crippen LogP contribution in [0.5, 0.6) is 5.75 Å². The Morgan fingerprint density at radius 2 is 1.96 bits per heavy atom. The molecule has 2 aromatic rings. The summed E-state index contributed by atoms with van der Waals surface area (Å²) in [5, 5.41) is 11.7. The number of benzene rings is 2. The molecule has 4 nitrogen and oxygen atoms in total. The number of nitrogens with zero attached hydrogens (tertiary/aromatic N) is 1. The smallest absolute Gasteiger partial charge is 0.248 e. The van der Waals surface area contributed by atoms with E-state index in [1.807, 2.05) is 36.4 Å². The van der Waals surface area contributed by atoms with E-state index in [4.69, 9.17) is 10.00 Å². The molecule has 0 bridgehead atoms. The quantitative estimate of drug-likeness (QED) is 0.882. The minimum absolute atomic E-state index is 0.285. The Hall–Kier alpha value is -3.32. The van der Waals surface area contributed by atoms with E-state index in [1.54, 1.807) is 30.3 Å². The van der Waals surface area contributed by atoms with Crippen LogP contribution in [-0.2, 0) is 4.79 Å². The minimum atomic E-state index is -0.285. The molecule has 2 aromatic carbocycles. The molecular formula is C19H14N2O2. The summed E-state index contributed by atoms with van der Waals surface area (Å²) in [4.78, 5) is 12.0. The molecule has 112 valence electrons. The van der Waals surface area contributed by atoms with Crippen molar-refractivity contribution in [2.24, 2.45) is 0 Å². The maximum Gasteiger partial charge on any atom is 0.248 e. The Balaban J connectivity index is 1.70. The number of fused-ring (bicyclic) bond motifs is 1. The molecule has 1 amide bonds. The molecule has 0 atom stereocenters. The lowest BCUT2D eigenvalue weighted by molar-refractivity contribution is -0.111. The number of carbonyl (C=O) groups is 1. The molecule has 4 heteroatoms. The van der Waals surface area contributed by atoms with Crippen LogP contribution in [-0.4, -0.2) is 12.5 Å². The summed E-state index contributed by atoms with van der Waals surface area (Å²) in [6.07, 6.45) is 5.16. The van der Waals surface area contributed by atoms with Crippen LogP contribution in [0.1, 0.15) is 11.1 Å². The Morgan fingerprint density at radius 1 is 1.17 bits per heavy atom. The Morgan fingerprint density at radius 3 is 2.83 bits per heavy atom. The van der Waals surface area contributed by atoms with Crippen molar-refractivity contribution in [3.05, 3.63) is 77.4 Å². The minimum Gasteiger partial charge on any atom is -0.488 e. The van der Waals surface area contributed by atoms with Crippen LogP contribution in [0.3, 0.4) is 0 Å². The molecule has 0 radical (unpaired) electrons. The molecule has 3 rings (SSSR count). The molecular weight excluding hydrogens is 288 g/mol. The predicted octanol–water partition coefficient (Wildman–Crippen LogP) is 3.53. The van der Waals surface area contributed by atoms with Crippen molar-refractivity contribution < 1.29 is 9.53 Å². The van der Waals surface area contributed by atoms with Gasteiger partial charge in [-0.25, -0.2) is 0 Å². The molecule has 1 N–H and O–H groups in total. The average Bonchev–Trinajstić information content (AvgIpc) is 2.60. The number of para-hydroxylation sites is 2. The van der Waals surface area contributed by atoms with Gasteiger partial charge in [0.05, 0.1) is 11.3 Å². The van der Waals surface area contributed by atoms with Crippen molar-refractivity contribution in [2.75, 3.05) is 11.9 Å². The summed E-state index contributed by atoms with van der Waals surface area (Å²) in [5.74, 6) is 0.560. The molecule has 1 aliphatic rings. The molecule has 23 heavy (non-hydrogen) atoms. The van der Waals surface area contributed by atoms with Gasteiger partial charge in [-0.2, -0.15) is 5.26 Å². The highest BCUT2D eigenvalue weighted by Crippen LogP contribution is 2.26. The van der Waals surface area contributed by atoms with Crippen molar-refractivity contribution >= 4 is 17.7 Å². The average molecular weight is 302 g/mol. The SMILES string of the molecule is N#Cc1ccccc1NC(=O)C=CC1=Cc2ccccc2OC1. The van der Waals surface area contributed by atoms with Crippen LogP contribution in [0.2, 0.25) is 0 Å². The first-order valence-electron chi connectivity index (χ1n) is 7.17. The van der Waals surface area contributed by atoms with Crippen LogP contribution >= 0.6 is 0 Å². The van der Waals surface area contributed by atoms with Crippen LogP contribution in [0, 0.1) is 11.3 Å². The van der Waals surface area contributed by atoms with Crippen LogP contribution in [0.15, 0.2) is 66.3 Å². The zero-order valence-corrected chi connectivity index (χ0v) is 12.3. The standard InChI is InChI=1S/C19H14N2O2/c20-12-16-6-1-3-7-17(16)21-19(22)10-9-14-11-15-5-2-4-8-18(15)23-13-14/h1-11H,13H2,(H,21,22). The predicted molar refractivity (Wildman–Crippen MR) is 88.8 cm³/mol. The number of nitriles is 1. The number of ether oxygens (including phenoxy) is 1. The maximum atomic E-state index is 12.0. The topological polar surface area (TPSA) is 62.1 Å². The van der Waals surface area contributed by atoms with E-state index >= 15 is 0 Å². The summed E-state index contributed by atoms with van der Waals surface area (Å²) >= 11 is 0. The van der Waals surface area contributed by atoms with Gasteiger partial charge in [0, 0.05) is 11.6 Å². The monoisotopic (exact) mass is 302 g/mol. The number of amides is 1. The number of hydrogen-bond donors (Lipinski definition) is 1. The number of carbonyl (C=O) groups excluding carboxylic acids is 1. The third-order valence-corrected chi connectivity index (χ3v) is 3.41. The summed E-state index contributed by atoms with van der Waals surface area (Å²) in [7, 11) is 0. The van der Waals surface area contributed by atoms with E-state index in [1.165, 1.54) is 6.08 Å². The van der Waals surface area contributed by atoms with E-state index in [0.29, 0.717) is 17.9 Å². The van der Waals surface area contributed by atoms with Gasteiger partial charge < -0.3 is 10.1 Å². The largest absolute Gasteiger partial charge is 0.488 e. The van der Waals surface area contributed by atoms with Gasteiger partial charge in [0.1, 0.15) is 18.4 Å². The fraction of sp³-hybridized carbons (Fsp3) is 0.0526. The van der Waals surface area contributed by atoms with E-state index in [9.17, 15) is 4.79 Å². The van der Waals surface area contributed by atoms with Gasteiger partial charge in [-0.3, -0.25) is 4.79 Å². The number of hydrogen-bond acceptors (Lipinski definition) is 3. The van der Waals surface area contributed by atoms with Crippen LogP contribution in [0.25, 0.3) is 6.08 Å². The van der Waals surface area contributed by atoms with Crippen LogP contribution in [0.4, 0.5) is 5.69 Å². The van der Waals surface area contributed by atoms with E-state index in [0.717, 1.165) is 16.9 Å². The Labute approximate surface area is 134 Å². The number of nitrogens with one attached hydrogen (secondary N) is 1. The highest BCUT2D eigenvalue weighted by molar-refractivity contribution is 6.00. The van der Waals surface area contributed by atoms with Crippen molar-refractivity contribution in [3.63, 3.8) is 0 Å². The molecule has 0 saturated heterocycles. The van der Waals surface area contributed by atoms with Gasteiger partial charge in [-0.05, 0) is 29.8 Å². The lowest BCUT2D eigenvalue weighted by Gasteiger charge is -2.15. The highest BCUT2D eigenvalue weighted by atomic mass is 16.5.